The summed E-state index contributed by atoms with van der Waals surface area (Å²) in [7, 11) is -7.11. The highest BCUT2D eigenvalue weighted by molar-refractivity contribution is 7.51. The summed E-state index contributed by atoms with van der Waals surface area (Å²) < 4.78 is 22.9. The molecule has 0 amide bonds. The van der Waals surface area contributed by atoms with Crippen molar-refractivity contribution in [2.45, 2.75) is 31.9 Å². The molecule has 0 radical (unpaired) electrons. The number of rotatable bonds is 9. The average Bonchev–Trinajstić information content (AvgIpc) is 2.64. The monoisotopic (exact) mass is 424 g/mol. The minimum Gasteiger partial charge on any atom is -0.405 e. The molecule has 0 heterocycles. The molecule has 0 saturated carbocycles. The van der Waals surface area contributed by atoms with E-state index >= 15 is 0 Å². The molecular weight excluding hydrogens is 395 g/mol. The maximum absolute atomic E-state index is 11.1. The summed E-state index contributed by atoms with van der Waals surface area (Å²) in [5.41, 5.74) is 0. The first-order valence-electron chi connectivity index (χ1n) is 9.12. The highest BCUT2D eigenvalue weighted by Crippen LogP contribution is 2.37. The predicted octanol–water partition coefficient (Wildman–Crippen LogP) is 2.08. The van der Waals surface area contributed by atoms with Gasteiger partial charge in [0.25, 0.3) is 8.32 Å². The molecule has 8 heteroatoms. The minimum atomic E-state index is -4.32. The number of ether oxygens (including phenoxy) is 1. The van der Waals surface area contributed by atoms with E-state index in [1.54, 1.807) is 0 Å². The van der Waals surface area contributed by atoms with Gasteiger partial charge in [-0.05, 0) is 15.4 Å². The Morgan fingerprint density at radius 2 is 1.43 bits per heavy atom. The topological polar surface area (TPSA) is 96.2 Å². The van der Waals surface area contributed by atoms with E-state index in [4.69, 9.17) is 18.9 Å². The molecular formula is C20H29O6PSi. The molecule has 0 fully saturated rings. The Morgan fingerprint density at radius 1 is 0.964 bits per heavy atom. The molecule has 0 spiro atoms. The summed E-state index contributed by atoms with van der Waals surface area (Å²) in [4.78, 5) is 18.1. The Balaban J connectivity index is 2.42. The van der Waals surface area contributed by atoms with Gasteiger partial charge < -0.3 is 24.1 Å². The first-order valence-corrected chi connectivity index (χ1v) is 12.8. The van der Waals surface area contributed by atoms with Gasteiger partial charge in [-0.3, -0.25) is 4.57 Å². The van der Waals surface area contributed by atoms with Crippen molar-refractivity contribution < 1.29 is 28.6 Å². The fourth-order valence-corrected chi connectivity index (χ4v) is 8.33. The second-order valence-corrected chi connectivity index (χ2v) is 13.6. The Kier molecular flexibility index (Phi) is 7.76. The third-order valence-corrected chi connectivity index (χ3v) is 10.1. The number of hydrogen-bond acceptors (Lipinski definition) is 4. The van der Waals surface area contributed by atoms with Gasteiger partial charge in [0.1, 0.15) is 12.5 Å². The minimum absolute atomic E-state index is 0.0315. The van der Waals surface area contributed by atoms with Crippen LogP contribution >= 0.6 is 7.60 Å². The van der Waals surface area contributed by atoms with Crippen LogP contribution in [0.5, 0.6) is 0 Å². The Morgan fingerprint density at radius 3 is 1.79 bits per heavy atom. The molecule has 0 bridgehead atoms. The molecule has 0 saturated heterocycles. The van der Waals surface area contributed by atoms with E-state index < -0.39 is 35.0 Å². The van der Waals surface area contributed by atoms with Crippen molar-refractivity contribution in [2.75, 3.05) is 19.6 Å². The lowest BCUT2D eigenvalue weighted by molar-refractivity contribution is -0.000880. The van der Waals surface area contributed by atoms with Gasteiger partial charge >= 0.3 is 7.60 Å². The first kappa shape index (κ1) is 23.0. The predicted molar refractivity (Wildman–Crippen MR) is 112 cm³/mol. The Bertz CT molecular complexity index is 733. The van der Waals surface area contributed by atoms with Crippen LogP contribution in [0.15, 0.2) is 60.7 Å². The van der Waals surface area contributed by atoms with Crippen LogP contribution < -0.4 is 10.4 Å². The fraction of sp³-hybridized carbons (Fsp3) is 0.400. The third kappa shape index (κ3) is 5.61. The van der Waals surface area contributed by atoms with Crippen LogP contribution in [0.3, 0.4) is 0 Å². The zero-order chi connectivity index (χ0) is 20.8. The molecule has 0 aliphatic rings. The van der Waals surface area contributed by atoms with E-state index in [1.165, 1.54) is 0 Å². The molecule has 3 N–H and O–H groups in total. The summed E-state index contributed by atoms with van der Waals surface area (Å²) in [6, 6.07) is 20.0. The van der Waals surface area contributed by atoms with Crippen LogP contribution in [-0.2, 0) is 13.7 Å². The van der Waals surface area contributed by atoms with Gasteiger partial charge in [0.05, 0.1) is 13.2 Å². The van der Waals surface area contributed by atoms with Gasteiger partial charge in [-0.1, -0.05) is 81.4 Å². The van der Waals surface area contributed by atoms with Crippen LogP contribution in [0.25, 0.3) is 0 Å². The summed E-state index contributed by atoms with van der Waals surface area (Å²) in [5.74, 6) is 0. The maximum atomic E-state index is 11.1. The van der Waals surface area contributed by atoms with Crippen LogP contribution in [-0.4, -0.2) is 48.9 Å². The van der Waals surface area contributed by atoms with Gasteiger partial charge in [-0.15, -0.1) is 0 Å². The highest BCUT2D eigenvalue weighted by atomic mass is 31.2. The Hall–Kier alpha value is -1.31. The van der Waals surface area contributed by atoms with E-state index in [2.05, 4.69) is 45.0 Å². The molecule has 1 atom stereocenters. The molecule has 2 aromatic carbocycles. The third-order valence-electron chi connectivity index (χ3n) is 4.58. The zero-order valence-corrected chi connectivity index (χ0v) is 18.4. The van der Waals surface area contributed by atoms with Crippen molar-refractivity contribution in [3.63, 3.8) is 0 Å². The van der Waals surface area contributed by atoms with Crippen molar-refractivity contribution in [1.82, 2.24) is 0 Å². The first-order chi connectivity index (χ1) is 13.1. The van der Waals surface area contributed by atoms with Crippen molar-refractivity contribution in [3.8, 4) is 0 Å². The van der Waals surface area contributed by atoms with Gasteiger partial charge in [0, 0.05) is 0 Å². The average molecular weight is 425 g/mol. The van der Waals surface area contributed by atoms with Crippen molar-refractivity contribution in [3.05, 3.63) is 60.7 Å². The Labute approximate surface area is 167 Å². The van der Waals surface area contributed by atoms with Crippen molar-refractivity contribution in [1.29, 1.82) is 0 Å². The lowest BCUT2D eigenvalue weighted by Crippen LogP contribution is -2.67. The molecule has 2 rings (SSSR count). The van der Waals surface area contributed by atoms with Crippen LogP contribution in [0.4, 0.5) is 0 Å². The van der Waals surface area contributed by atoms with Crippen molar-refractivity contribution >= 4 is 26.3 Å². The molecule has 28 heavy (non-hydrogen) atoms. The van der Waals surface area contributed by atoms with E-state index in [-0.39, 0.29) is 11.6 Å². The normalized spacial score (nSPS) is 14.1. The van der Waals surface area contributed by atoms with Gasteiger partial charge in [0.15, 0.2) is 0 Å². The second-order valence-electron chi connectivity index (χ2n) is 7.74. The smallest absolute Gasteiger partial charge is 0.350 e. The van der Waals surface area contributed by atoms with Crippen LogP contribution in [0, 0.1) is 0 Å². The summed E-state index contributed by atoms with van der Waals surface area (Å²) in [6.07, 6.45) is -1.57. The maximum Gasteiger partial charge on any atom is 0.350 e. The molecule has 6 nitrogen and oxygen atoms in total. The lowest BCUT2D eigenvalue weighted by Gasteiger charge is -2.43. The van der Waals surface area contributed by atoms with E-state index in [0.29, 0.717) is 0 Å². The van der Waals surface area contributed by atoms with Crippen LogP contribution in [0.1, 0.15) is 20.8 Å². The SMILES string of the molecule is CC(C)(C)[Si](OC[C@H](CO)OCP(=O)(O)O)(c1ccccc1)c1ccccc1. The van der Waals surface area contributed by atoms with E-state index in [9.17, 15) is 9.67 Å². The van der Waals surface area contributed by atoms with Crippen molar-refractivity contribution in [2.24, 2.45) is 0 Å². The summed E-state index contributed by atoms with van der Waals surface area (Å²) in [5, 5.41) is 11.6. The number of benzene rings is 2. The quantitative estimate of drug-likeness (QED) is 0.421. The molecule has 154 valence electrons. The zero-order valence-electron chi connectivity index (χ0n) is 16.5. The van der Waals surface area contributed by atoms with Gasteiger partial charge in [-0.2, -0.15) is 0 Å². The second kappa shape index (κ2) is 9.46. The van der Waals surface area contributed by atoms with Gasteiger partial charge in [0.2, 0.25) is 0 Å². The summed E-state index contributed by atoms with van der Waals surface area (Å²) >= 11 is 0. The number of aliphatic hydroxyl groups excluding tert-OH is 1. The molecule has 2 aromatic rings. The largest absolute Gasteiger partial charge is 0.405 e. The standard InChI is InChI=1S/C20H29O6PSi/c1-20(2,3)28(18-10-6-4-7-11-18,19-12-8-5-9-13-19)26-15-17(14-21)25-16-27(22,23)24/h4-13,17,21H,14-16H2,1-3H3,(H2,22,23,24)/t17-/m0/s1. The van der Waals surface area contributed by atoms with Crippen LogP contribution in [0.2, 0.25) is 5.04 Å². The van der Waals surface area contributed by atoms with E-state index in [0.717, 1.165) is 10.4 Å². The number of aliphatic hydroxyl groups is 1. The molecule has 0 aliphatic heterocycles. The molecule has 0 aromatic heterocycles. The fourth-order valence-electron chi connectivity index (χ4n) is 3.34. The summed E-state index contributed by atoms with van der Waals surface area (Å²) in [6.45, 7) is 6.03. The van der Waals surface area contributed by atoms with Gasteiger partial charge in [-0.25, -0.2) is 0 Å². The molecule has 0 aliphatic carbocycles. The lowest BCUT2D eigenvalue weighted by atomic mass is 10.2. The van der Waals surface area contributed by atoms with E-state index in [1.807, 2.05) is 36.4 Å². The molecule has 0 unspecified atom stereocenters. The highest BCUT2D eigenvalue weighted by Gasteiger charge is 2.50. The number of hydrogen-bond donors (Lipinski definition) is 3.